The van der Waals surface area contributed by atoms with Crippen LogP contribution in [0, 0.1) is 5.41 Å². The molecule has 112 valence electrons. The molecule has 1 amide bonds. The van der Waals surface area contributed by atoms with E-state index < -0.39 is 0 Å². The third-order valence-corrected chi connectivity index (χ3v) is 3.81. The molecule has 0 spiro atoms. The molecule has 3 heteroatoms. The van der Waals surface area contributed by atoms with Crippen molar-refractivity contribution in [2.45, 2.75) is 90.6 Å². The summed E-state index contributed by atoms with van der Waals surface area (Å²) in [4.78, 5) is 12.2. The van der Waals surface area contributed by atoms with Gasteiger partial charge in [0, 0.05) is 17.5 Å². The van der Waals surface area contributed by atoms with Crippen molar-refractivity contribution in [3.8, 4) is 0 Å². The normalized spacial score (nSPS) is 20.1. The van der Waals surface area contributed by atoms with Gasteiger partial charge in [0.15, 0.2) is 0 Å². The molecule has 1 aliphatic rings. The monoisotopic (exact) mass is 268 g/mol. The summed E-state index contributed by atoms with van der Waals surface area (Å²) in [6.45, 7) is 10.8. The summed E-state index contributed by atoms with van der Waals surface area (Å²) < 4.78 is 0. The van der Waals surface area contributed by atoms with Crippen molar-refractivity contribution in [1.29, 1.82) is 0 Å². The number of amides is 1. The van der Waals surface area contributed by atoms with E-state index in [1.165, 1.54) is 6.42 Å². The van der Waals surface area contributed by atoms with Crippen molar-refractivity contribution in [2.75, 3.05) is 0 Å². The minimum Gasteiger partial charge on any atom is -0.351 e. The van der Waals surface area contributed by atoms with Crippen molar-refractivity contribution >= 4 is 5.91 Å². The van der Waals surface area contributed by atoms with Crippen LogP contribution in [-0.4, -0.2) is 17.0 Å². The molecular weight excluding hydrogens is 236 g/mol. The molecule has 1 fully saturated rings. The predicted molar refractivity (Wildman–Crippen MR) is 80.9 cm³/mol. The summed E-state index contributed by atoms with van der Waals surface area (Å²) >= 11 is 0. The quantitative estimate of drug-likeness (QED) is 0.821. The summed E-state index contributed by atoms with van der Waals surface area (Å²) in [7, 11) is 0. The van der Waals surface area contributed by atoms with Gasteiger partial charge in [-0.05, 0) is 38.5 Å². The second-order valence-electron chi connectivity index (χ2n) is 8.27. The molecule has 1 rings (SSSR count). The van der Waals surface area contributed by atoms with E-state index in [0.717, 1.165) is 32.1 Å². The van der Waals surface area contributed by atoms with Gasteiger partial charge >= 0.3 is 0 Å². The van der Waals surface area contributed by atoms with Crippen LogP contribution in [0.5, 0.6) is 0 Å². The lowest BCUT2D eigenvalue weighted by Gasteiger charge is -2.36. The Hall–Kier alpha value is -0.570. The van der Waals surface area contributed by atoms with E-state index in [4.69, 9.17) is 5.73 Å². The first-order valence-corrected chi connectivity index (χ1v) is 7.61. The SMILES string of the molecule is CC(C)(C)CC(C)(C)NC(=O)CC1(N)CCCCC1. The van der Waals surface area contributed by atoms with E-state index in [1.54, 1.807) is 0 Å². The molecule has 3 N–H and O–H groups in total. The highest BCUT2D eigenvalue weighted by Crippen LogP contribution is 2.30. The fraction of sp³-hybridized carbons (Fsp3) is 0.938. The molecule has 1 saturated carbocycles. The van der Waals surface area contributed by atoms with Crippen LogP contribution < -0.4 is 11.1 Å². The maximum atomic E-state index is 12.2. The largest absolute Gasteiger partial charge is 0.351 e. The number of carbonyl (C=O) groups is 1. The van der Waals surface area contributed by atoms with Gasteiger partial charge in [0.1, 0.15) is 0 Å². The Balaban J connectivity index is 2.50. The van der Waals surface area contributed by atoms with Crippen molar-refractivity contribution in [2.24, 2.45) is 11.1 Å². The number of carbonyl (C=O) groups excluding carboxylic acids is 1. The number of nitrogens with one attached hydrogen (secondary N) is 1. The van der Waals surface area contributed by atoms with E-state index in [1.807, 2.05) is 0 Å². The van der Waals surface area contributed by atoms with Crippen LogP contribution in [-0.2, 0) is 4.79 Å². The van der Waals surface area contributed by atoms with Crippen molar-refractivity contribution in [3.05, 3.63) is 0 Å². The van der Waals surface area contributed by atoms with Crippen LogP contribution >= 0.6 is 0 Å². The lowest BCUT2D eigenvalue weighted by molar-refractivity contribution is -0.124. The van der Waals surface area contributed by atoms with Crippen LogP contribution in [0.3, 0.4) is 0 Å². The molecule has 0 bridgehead atoms. The molecule has 3 nitrogen and oxygen atoms in total. The number of hydrogen-bond acceptors (Lipinski definition) is 2. The molecule has 0 atom stereocenters. The van der Waals surface area contributed by atoms with Crippen LogP contribution in [0.4, 0.5) is 0 Å². The van der Waals surface area contributed by atoms with Gasteiger partial charge in [-0.3, -0.25) is 4.79 Å². The van der Waals surface area contributed by atoms with Crippen molar-refractivity contribution < 1.29 is 4.79 Å². The predicted octanol–water partition coefficient (Wildman–Crippen LogP) is 3.37. The third kappa shape index (κ3) is 6.42. The zero-order valence-electron chi connectivity index (χ0n) is 13.4. The molecule has 19 heavy (non-hydrogen) atoms. The molecule has 0 aliphatic heterocycles. The zero-order valence-corrected chi connectivity index (χ0v) is 13.4. The average molecular weight is 268 g/mol. The standard InChI is InChI=1S/C16H32N2O/c1-14(2,3)12-15(4,5)18-13(19)11-16(17)9-7-6-8-10-16/h6-12,17H2,1-5H3,(H,18,19). The molecule has 0 radical (unpaired) electrons. The van der Waals surface area contributed by atoms with Crippen LogP contribution in [0.25, 0.3) is 0 Å². The van der Waals surface area contributed by atoms with Crippen molar-refractivity contribution in [3.63, 3.8) is 0 Å². The first kappa shape index (κ1) is 16.5. The number of rotatable bonds is 4. The zero-order chi connectivity index (χ0) is 14.7. The summed E-state index contributed by atoms with van der Waals surface area (Å²) in [5.41, 5.74) is 6.13. The minimum absolute atomic E-state index is 0.110. The second-order valence-corrected chi connectivity index (χ2v) is 8.27. The highest BCUT2D eigenvalue weighted by molar-refractivity contribution is 5.78. The van der Waals surface area contributed by atoms with Gasteiger partial charge in [-0.25, -0.2) is 0 Å². The molecule has 0 unspecified atom stereocenters. The molecule has 0 aromatic carbocycles. The summed E-state index contributed by atoms with van der Waals surface area (Å²) in [5, 5.41) is 3.17. The van der Waals surface area contributed by atoms with E-state index in [2.05, 4.69) is 39.9 Å². The van der Waals surface area contributed by atoms with E-state index in [9.17, 15) is 4.79 Å². The summed E-state index contributed by atoms with van der Waals surface area (Å²) in [6, 6.07) is 0. The lowest BCUT2D eigenvalue weighted by atomic mass is 9.79. The lowest BCUT2D eigenvalue weighted by Crippen LogP contribution is -2.51. The Morgan fingerprint density at radius 1 is 1.11 bits per heavy atom. The number of nitrogens with two attached hydrogens (primary N) is 1. The van der Waals surface area contributed by atoms with E-state index in [-0.39, 0.29) is 22.4 Å². The maximum Gasteiger partial charge on any atom is 0.222 e. The first-order chi connectivity index (χ1) is 8.52. The maximum absolute atomic E-state index is 12.2. The van der Waals surface area contributed by atoms with Gasteiger partial charge in [0.2, 0.25) is 5.91 Å². The van der Waals surface area contributed by atoms with Gasteiger partial charge in [0.05, 0.1) is 0 Å². The Kier molecular flexibility index (Phi) is 5.05. The molecule has 0 aromatic heterocycles. The minimum atomic E-state index is -0.264. The third-order valence-electron chi connectivity index (χ3n) is 3.81. The Morgan fingerprint density at radius 2 is 1.63 bits per heavy atom. The molecule has 0 saturated heterocycles. The van der Waals surface area contributed by atoms with Crippen LogP contribution in [0.1, 0.15) is 79.6 Å². The Morgan fingerprint density at radius 3 is 2.11 bits per heavy atom. The topological polar surface area (TPSA) is 55.1 Å². The van der Waals surface area contributed by atoms with Gasteiger partial charge in [-0.15, -0.1) is 0 Å². The molecule has 1 aliphatic carbocycles. The van der Waals surface area contributed by atoms with Crippen LogP contribution in [0.15, 0.2) is 0 Å². The number of hydrogen-bond donors (Lipinski definition) is 2. The molecule has 0 aromatic rings. The Bertz CT molecular complexity index is 309. The summed E-state index contributed by atoms with van der Waals surface area (Å²) in [6.07, 6.45) is 6.99. The molecular formula is C16H32N2O. The second kappa shape index (κ2) is 5.82. The molecule has 0 heterocycles. The summed E-state index contributed by atoms with van der Waals surface area (Å²) in [5.74, 6) is 0.110. The highest BCUT2D eigenvalue weighted by Gasteiger charge is 2.33. The van der Waals surface area contributed by atoms with Gasteiger partial charge in [0.25, 0.3) is 0 Å². The van der Waals surface area contributed by atoms with Crippen molar-refractivity contribution in [1.82, 2.24) is 5.32 Å². The van der Waals surface area contributed by atoms with E-state index in [0.29, 0.717) is 6.42 Å². The van der Waals surface area contributed by atoms with Gasteiger partial charge in [-0.1, -0.05) is 40.0 Å². The average Bonchev–Trinajstić information content (AvgIpc) is 2.11. The Labute approximate surface area is 118 Å². The fourth-order valence-corrected chi connectivity index (χ4v) is 3.54. The van der Waals surface area contributed by atoms with E-state index >= 15 is 0 Å². The smallest absolute Gasteiger partial charge is 0.222 e. The first-order valence-electron chi connectivity index (χ1n) is 7.61. The van der Waals surface area contributed by atoms with Gasteiger partial charge < -0.3 is 11.1 Å². The fourth-order valence-electron chi connectivity index (χ4n) is 3.54. The van der Waals surface area contributed by atoms with Gasteiger partial charge in [-0.2, -0.15) is 0 Å². The van der Waals surface area contributed by atoms with Crippen LogP contribution in [0.2, 0.25) is 0 Å². The highest BCUT2D eigenvalue weighted by atomic mass is 16.1.